The number of furan rings is 1. The Balaban J connectivity index is 1.87. The van der Waals surface area contributed by atoms with Crippen molar-refractivity contribution in [2.24, 2.45) is 12.5 Å². The summed E-state index contributed by atoms with van der Waals surface area (Å²) in [5.74, 6) is 0.413. The SMILES string of the molecule is [2H]C([2H])([2H])C(C)(Cc1ccc2c(n1)oc1c(-c3ccc(C(C)C)c[n+]3C)c(C)ccc12)C([2H])([2H])[2H]. The van der Waals surface area contributed by atoms with E-state index in [0.29, 0.717) is 22.9 Å². The normalized spacial score (nSPS) is 16.3. The lowest BCUT2D eigenvalue weighted by atomic mass is 9.90. The minimum atomic E-state index is -2.68. The van der Waals surface area contributed by atoms with Crippen molar-refractivity contribution in [3.63, 3.8) is 0 Å². The van der Waals surface area contributed by atoms with E-state index in [2.05, 4.69) is 47.8 Å². The van der Waals surface area contributed by atoms with Crippen LogP contribution in [0.25, 0.3) is 33.3 Å². The van der Waals surface area contributed by atoms with Gasteiger partial charge in [-0.2, -0.15) is 0 Å². The molecule has 1 aromatic carbocycles. The molecule has 3 heteroatoms. The van der Waals surface area contributed by atoms with Crippen LogP contribution in [0.1, 0.15) is 65.4 Å². The number of fused-ring (bicyclic) bond motifs is 3. The maximum atomic E-state index is 7.87. The van der Waals surface area contributed by atoms with Crippen LogP contribution in [0.4, 0.5) is 0 Å². The van der Waals surface area contributed by atoms with Crippen LogP contribution < -0.4 is 4.57 Å². The zero-order valence-corrected chi connectivity index (χ0v) is 17.6. The summed E-state index contributed by atoms with van der Waals surface area (Å²) in [7, 11) is 2.02. The van der Waals surface area contributed by atoms with Crippen molar-refractivity contribution in [2.45, 2.75) is 53.7 Å². The number of aromatic nitrogens is 2. The average molecular weight is 394 g/mol. The van der Waals surface area contributed by atoms with E-state index in [1.54, 1.807) is 6.07 Å². The Bertz CT molecular complexity index is 1400. The van der Waals surface area contributed by atoms with Gasteiger partial charge in [0.15, 0.2) is 11.8 Å². The Morgan fingerprint density at radius 3 is 2.55 bits per heavy atom. The van der Waals surface area contributed by atoms with Crippen LogP contribution in [0.5, 0.6) is 0 Å². The number of hydrogen-bond donors (Lipinski definition) is 0. The zero-order valence-electron chi connectivity index (χ0n) is 23.6. The molecule has 0 saturated carbocycles. The molecule has 3 aromatic heterocycles. The minimum Gasteiger partial charge on any atom is -0.437 e. The van der Waals surface area contributed by atoms with Gasteiger partial charge in [-0.25, -0.2) is 9.55 Å². The van der Waals surface area contributed by atoms with Crippen LogP contribution in [0.3, 0.4) is 0 Å². The molecular formula is C26H31N2O+. The number of nitrogens with zero attached hydrogens (tertiary/aromatic N) is 2. The average Bonchev–Trinajstić information content (AvgIpc) is 3.10. The summed E-state index contributed by atoms with van der Waals surface area (Å²) in [5, 5.41) is 1.71. The third-order valence-corrected chi connectivity index (χ3v) is 5.39. The quantitative estimate of drug-likeness (QED) is 0.372. The van der Waals surface area contributed by atoms with E-state index in [-0.39, 0.29) is 6.42 Å². The first-order valence-corrected chi connectivity index (χ1v) is 9.96. The lowest BCUT2D eigenvalue weighted by Crippen LogP contribution is -2.31. The van der Waals surface area contributed by atoms with Gasteiger partial charge in [-0.1, -0.05) is 46.6 Å². The number of rotatable bonds is 3. The van der Waals surface area contributed by atoms with Gasteiger partial charge in [0.1, 0.15) is 7.05 Å². The van der Waals surface area contributed by atoms with E-state index in [0.717, 1.165) is 27.6 Å². The predicted molar refractivity (Wildman–Crippen MR) is 120 cm³/mol. The van der Waals surface area contributed by atoms with Crippen molar-refractivity contribution >= 4 is 22.1 Å². The number of pyridine rings is 2. The standard InChI is InChI=1S/C26H31N2O/c1-16(2)18-9-13-22(28(7)15-18)23-17(3)8-11-20-21-12-10-19(14-26(4,5)6)27-25(21)29-24(20)23/h8-13,15-16H,14H2,1-7H3/q+1/i4D3,5D3. The van der Waals surface area contributed by atoms with Crippen LogP contribution in [0.15, 0.2) is 47.0 Å². The van der Waals surface area contributed by atoms with Gasteiger partial charge in [0.05, 0.1) is 5.56 Å². The second-order valence-corrected chi connectivity index (χ2v) is 8.51. The highest BCUT2D eigenvalue weighted by atomic mass is 16.3. The van der Waals surface area contributed by atoms with Crippen molar-refractivity contribution in [1.82, 2.24) is 4.98 Å². The Labute approximate surface area is 181 Å². The number of hydrogen-bond acceptors (Lipinski definition) is 2. The molecule has 4 rings (SSSR count). The molecule has 0 spiro atoms. The third-order valence-electron chi connectivity index (χ3n) is 5.39. The van der Waals surface area contributed by atoms with Crippen molar-refractivity contribution in [3.8, 4) is 11.3 Å². The first kappa shape index (κ1) is 13.5. The molecule has 0 amide bonds. The van der Waals surface area contributed by atoms with Crippen molar-refractivity contribution in [3.05, 3.63) is 59.4 Å². The molecule has 3 heterocycles. The molecule has 0 radical (unpaired) electrons. The minimum absolute atomic E-state index is 0.218. The van der Waals surface area contributed by atoms with Crippen molar-refractivity contribution in [2.75, 3.05) is 0 Å². The van der Waals surface area contributed by atoms with E-state index in [9.17, 15) is 0 Å². The topological polar surface area (TPSA) is 29.9 Å². The monoisotopic (exact) mass is 393 g/mol. The lowest BCUT2D eigenvalue weighted by molar-refractivity contribution is -0.660. The second kappa shape index (κ2) is 6.98. The molecule has 150 valence electrons. The van der Waals surface area contributed by atoms with E-state index in [1.807, 2.05) is 26.1 Å². The third kappa shape index (κ3) is 3.66. The highest BCUT2D eigenvalue weighted by molar-refractivity contribution is 6.08. The highest BCUT2D eigenvalue weighted by Gasteiger charge is 2.22. The maximum Gasteiger partial charge on any atom is 0.227 e. The molecule has 0 aliphatic rings. The Morgan fingerprint density at radius 1 is 1.10 bits per heavy atom. The summed E-state index contributed by atoms with van der Waals surface area (Å²) < 4.78 is 55.6. The fourth-order valence-corrected chi connectivity index (χ4v) is 3.87. The highest BCUT2D eigenvalue weighted by Crippen LogP contribution is 2.36. The van der Waals surface area contributed by atoms with Crippen LogP contribution >= 0.6 is 0 Å². The molecule has 0 fully saturated rings. The number of benzene rings is 1. The molecule has 0 unspecified atom stereocenters. The first-order chi connectivity index (χ1) is 16.1. The van der Waals surface area contributed by atoms with Gasteiger partial charge in [-0.3, -0.25) is 0 Å². The molecule has 0 saturated heterocycles. The Kier molecular flexibility index (Phi) is 3.26. The second-order valence-electron chi connectivity index (χ2n) is 8.51. The molecule has 29 heavy (non-hydrogen) atoms. The smallest absolute Gasteiger partial charge is 0.227 e. The number of aryl methyl sites for hydroxylation is 2. The molecular weight excluding hydrogens is 356 g/mol. The Morgan fingerprint density at radius 2 is 1.86 bits per heavy atom. The van der Waals surface area contributed by atoms with Gasteiger partial charge in [0, 0.05) is 36.3 Å². The van der Waals surface area contributed by atoms with Gasteiger partial charge in [-0.15, -0.1) is 0 Å². The molecule has 0 N–H and O–H groups in total. The molecule has 0 bridgehead atoms. The molecule has 0 aliphatic heterocycles. The van der Waals surface area contributed by atoms with Crippen molar-refractivity contribution in [1.29, 1.82) is 0 Å². The maximum absolute atomic E-state index is 7.87. The van der Waals surface area contributed by atoms with Gasteiger partial charge in [-0.05, 0) is 48.4 Å². The fraction of sp³-hybridized carbons (Fsp3) is 0.385. The predicted octanol–water partition coefficient (Wildman–Crippen LogP) is 6.49. The molecule has 3 nitrogen and oxygen atoms in total. The summed E-state index contributed by atoms with van der Waals surface area (Å²) >= 11 is 0. The van der Waals surface area contributed by atoms with Crippen LogP contribution in [-0.2, 0) is 13.5 Å². The summed E-state index contributed by atoms with van der Waals surface area (Å²) in [5.41, 5.74) is 3.78. The van der Waals surface area contributed by atoms with Gasteiger partial charge in [0.25, 0.3) is 0 Å². The lowest BCUT2D eigenvalue weighted by Gasteiger charge is -2.16. The molecule has 0 aliphatic carbocycles. The largest absolute Gasteiger partial charge is 0.437 e. The van der Waals surface area contributed by atoms with E-state index < -0.39 is 19.1 Å². The summed E-state index contributed by atoms with van der Waals surface area (Å²) in [6, 6.07) is 11.8. The summed E-state index contributed by atoms with van der Waals surface area (Å²) in [6.07, 6.45) is 1.91. The van der Waals surface area contributed by atoms with Crippen molar-refractivity contribution < 1.29 is 17.2 Å². The first-order valence-electron chi connectivity index (χ1n) is 13.0. The van der Waals surface area contributed by atoms with E-state index in [1.165, 1.54) is 12.5 Å². The van der Waals surface area contributed by atoms with Gasteiger partial charge < -0.3 is 4.42 Å². The van der Waals surface area contributed by atoms with Gasteiger partial charge in [0.2, 0.25) is 11.4 Å². The van der Waals surface area contributed by atoms with E-state index >= 15 is 0 Å². The van der Waals surface area contributed by atoms with Crippen LogP contribution in [0, 0.1) is 12.3 Å². The summed E-state index contributed by atoms with van der Waals surface area (Å²) in [6.45, 7) is 2.28. The van der Waals surface area contributed by atoms with Crippen LogP contribution in [-0.4, -0.2) is 4.98 Å². The van der Waals surface area contributed by atoms with Crippen LogP contribution in [0.2, 0.25) is 0 Å². The Hall–Kier alpha value is -2.68. The molecule has 4 aromatic rings. The van der Waals surface area contributed by atoms with E-state index in [4.69, 9.17) is 12.6 Å². The summed E-state index contributed by atoms with van der Waals surface area (Å²) in [4.78, 5) is 4.58. The zero-order chi connectivity index (χ0) is 25.9. The molecule has 0 atom stereocenters. The van der Waals surface area contributed by atoms with Gasteiger partial charge >= 0.3 is 0 Å². The fourth-order valence-electron chi connectivity index (χ4n) is 3.87.